The van der Waals surface area contributed by atoms with E-state index in [2.05, 4.69) is 0 Å². The van der Waals surface area contributed by atoms with Crippen LogP contribution in [-0.2, 0) is 0 Å². The molecule has 0 aromatic heterocycles. The maximum Gasteiger partial charge on any atom is 0.113 e. The monoisotopic (exact) mass is 206 g/mol. The van der Waals surface area contributed by atoms with Crippen LogP contribution in [0.3, 0.4) is 0 Å². The highest BCUT2D eigenvalue weighted by molar-refractivity contribution is 6.14. The molecule has 2 heteroatoms. The van der Waals surface area contributed by atoms with E-state index in [4.69, 9.17) is 7.85 Å². The zero-order chi connectivity index (χ0) is 10.9. The van der Waals surface area contributed by atoms with E-state index < -0.39 is 5.50 Å². The van der Waals surface area contributed by atoms with Gasteiger partial charge in [0.15, 0.2) is 0 Å². The quantitative estimate of drug-likeness (QED) is 0.654. The van der Waals surface area contributed by atoms with Gasteiger partial charge in [0.2, 0.25) is 0 Å². The van der Waals surface area contributed by atoms with Gasteiger partial charge in [0.1, 0.15) is 7.85 Å². The molecule has 0 bridgehead atoms. The van der Waals surface area contributed by atoms with Gasteiger partial charge in [-0.1, -0.05) is 19.3 Å². The Morgan fingerprint density at radius 3 is 2.07 bits per heavy atom. The molecule has 15 heavy (non-hydrogen) atoms. The zero-order valence-corrected chi connectivity index (χ0v) is 9.97. The Morgan fingerprint density at radius 2 is 1.60 bits per heavy atom. The average Bonchev–Trinajstić information content (AvgIpc) is 2.18. The molecule has 2 rings (SSSR count). The summed E-state index contributed by atoms with van der Waals surface area (Å²) >= 11 is 0. The summed E-state index contributed by atoms with van der Waals surface area (Å²) in [6.45, 7) is 1.76. The van der Waals surface area contributed by atoms with Crippen molar-refractivity contribution in [1.82, 2.24) is 0 Å². The molecule has 0 amide bonds. The standard InChI is InChI=1S/C13H23BO/c1-12(14,15)11-5-9-13(10-6-11)7-3-2-4-8-13/h11,15H,2-10H2,1H3. The van der Waals surface area contributed by atoms with Crippen LogP contribution in [0.15, 0.2) is 0 Å². The largest absolute Gasteiger partial charge is 0.400 e. The third-order valence-electron chi connectivity index (χ3n) is 4.79. The molecule has 0 aliphatic heterocycles. The molecular formula is C13H23BO. The molecule has 2 radical (unpaired) electrons. The lowest BCUT2D eigenvalue weighted by Gasteiger charge is -2.45. The Labute approximate surface area is 95.1 Å². The van der Waals surface area contributed by atoms with Gasteiger partial charge in [-0.25, -0.2) is 0 Å². The fourth-order valence-corrected chi connectivity index (χ4v) is 3.62. The molecule has 1 spiro atoms. The molecule has 2 aliphatic rings. The van der Waals surface area contributed by atoms with Crippen LogP contribution in [0.5, 0.6) is 0 Å². The highest BCUT2D eigenvalue weighted by atomic mass is 16.3. The van der Waals surface area contributed by atoms with E-state index in [1.807, 2.05) is 0 Å². The third kappa shape index (κ3) is 2.58. The summed E-state index contributed by atoms with van der Waals surface area (Å²) < 4.78 is 0. The van der Waals surface area contributed by atoms with Crippen LogP contribution in [-0.4, -0.2) is 18.5 Å². The van der Waals surface area contributed by atoms with E-state index in [0.29, 0.717) is 11.3 Å². The lowest BCUT2D eigenvalue weighted by molar-refractivity contribution is 0.0144. The van der Waals surface area contributed by atoms with E-state index in [1.54, 1.807) is 6.92 Å². The predicted octanol–water partition coefficient (Wildman–Crippen LogP) is 3.00. The summed E-state index contributed by atoms with van der Waals surface area (Å²) in [5.74, 6) is 0.324. The second kappa shape index (κ2) is 4.12. The molecular weight excluding hydrogens is 183 g/mol. The van der Waals surface area contributed by atoms with Gasteiger partial charge in [-0.15, -0.1) is 0 Å². The highest BCUT2D eigenvalue weighted by Crippen LogP contribution is 2.50. The predicted molar refractivity (Wildman–Crippen MR) is 63.9 cm³/mol. The van der Waals surface area contributed by atoms with Crippen molar-refractivity contribution in [3.63, 3.8) is 0 Å². The molecule has 1 unspecified atom stereocenters. The van der Waals surface area contributed by atoms with Crippen molar-refractivity contribution in [3.8, 4) is 0 Å². The van der Waals surface area contributed by atoms with Gasteiger partial charge in [-0.2, -0.15) is 0 Å². The SMILES string of the molecule is [B]C(C)(O)C1CCC2(CCCCC2)CC1. The minimum Gasteiger partial charge on any atom is -0.400 e. The summed E-state index contributed by atoms with van der Waals surface area (Å²) in [7, 11) is 5.78. The van der Waals surface area contributed by atoms with Crippen molar-refractivity contribution in [3.05, 3.63) is 0 Å². The van der Waals surface area contributed by atoms with Crippen LogP contribution in [0.1, 0.15) is 64.7 Å². The molecule has 0 heterocycles. The van der Waals surface area contributed by atoms with E-state index in [-0.39, 0.29) is 0 Å². The van der Waals surface area contributed by atoms with Crippen LogP contribution < -0.4 is 0 Å². The van der Waals surface area contributed by atoms with E-state index >= 15 is 0 Å². The van der Waals surface area contributed by atoms with E-state index in [1.165, 1.54) is 44.9 Å². The molecule has 1 N–H and O–H groups in total. The molecule has 1 nitrogen and oxygen atoms in total. The van der Waals surface area contributed by atoms with Gasteiger partial charge in [0, 0.05) is 5.50 Å². The Kier molecular flexibility index (Phi) is 3.16. The first-order chi connectivity index (χ1) is 7.02. The maximum absolute atomic E-state index is 9.81. The number of rotatable bonds is 1. The molecule has 0 aromatic carbocycles. The Balaban J connectivity index is 1.91. The summed E-state index contributed by atoms with van der Waals surface area (Å²) in [5, 5.41) is 9.81. The van der Waals surface area contributed by atoms with Crippen molar-refractivity contribution in [2.45, 2.75) is 70.2 Å². The van der Waals surface area contributed by atoms with Crippen LogP contribution in [0, 0.1) is 11.3 Å². The maximum atomic E-state index is 9.81. The number of hydrogen-bond acceptors (Lipinski definition) is 1. The number of hydrogen-bond donors (Lipinski definition) is 1. The van der Waals surface area contributed by atoms with Crippen molar-refractivity contribution >= 4 is 7.85 Å². The normalized spacial score (nSPS) is 31.3. The topological polar surface area (TPSA) is 20.2 Å². The molecule has 0 saturated heterocycles. The van der Waals surface area contributed by atoms with Gasteiger partial charge in [0.05, 0.1) is 0 Å². The second-order valence-corrected chi connectivity index (χ2v) is 6.06. The lowest BCUT2D eigenvalue weighted by atomic mass is 9.58. The van der Waals surface area contributed by atoms with Crippen LogP contribution in [0.4, 0.5) is 0 Å². The molecule has 2 fully saturated rings. The Bertz CT molecular complexity index is 203. The summed E-state index contributed by atoms with van der Waals surface area (Å²) in [6, 6.07) is 0. The fourth-order valence-electron chi connectivity index (χ4n) is 3.62. The molecule has 1 atom stereocenters. The average molecular weight is 206 g/mol. The van der Waals surface area contributed by atoms with Crippen molar-refractivity contribution in [1.29, 1.82) is 0 Å². The van der Waals surface area contributed by atoms with Crippen molar-refractivity contribution < 1.29 is 5.11 Å². The molecule has 2 aliphatic carbocycles. The van der Waals surface area contributed by atoms with Crippen molar-refractivity contribution in [2.75, 3.05) is 0 Å². The highest BCUT2D eigenvalue weighted by Gasteiger charge is 2.39. The summed E-state index contributed by atoms with van der Waals surface area (Å²) in [4.78, 5) is 0. The third-order valence-corrected chi connectivity index (χ3v) is 4.79. The van der Waals surface area contributed by atoms with E-state index in [0.717, 1.165) is 12.8 Å². The summed E-state index contributed by atoms with van der Waals surface area (Å²) in [5.41, 5.74) is -0.309. The fraction of sp³-hybridized carbons (Fsp3) is 1.00. The van der Waals surface area contributed by atoms with Crippen LogP contribution in [0.2, 0.25) is 0 Å². The molecule has 0 aromatic rings. The Hall–Kier alpha value is 0.0249. The Morgan fingerprint density at radius 1 is 1.07 bits per heavy atom. The van der Waals surface area contributed by atoms with Gasteiger partial charge in [-0.05, 0) is 56.8 Å². The molecule has 2 saturated carbocycles. The van der Waals surface area contributed by atoms with Crippen molar-refractivity contribution in [2.24, 2.45) is 11.3 Å². The van der Waals surface area contributed by atoms with Gasteiger partial charge in [-0.3, -0.25) is 0 Å². The minimum absolute atomic E-state index is 0.324. The second-order valence-electron chi connectivity index (χ2n) is 6.06. The first kappa shape index (κ1) is 11.5. The van der Waals surface area contributed by atoms with E-state index in [9.17, 15) is 5.11 Å². The lowest BCUT2D eigenvalue weighted by Crippen LogP contribution is -2.40. The smallest absolute Gasteiger partial charge is 0.113 e. The number of aliphatic hydroxyl groups is 1. The summed E-state index contributed by atoms with van der Waals surface area (Å²) in [6.07, 6.45) is 12.0. The molecule has 84 valence electrons. The zero-order valence-electron chi connectivity index (χ0n) is 9.97. The minimum atomic E-state index is -0.948. The van der Waals surface area contributed by atoms with Gasteiger partial charge in [0.25, 0.3) is 0 Å². The first-order valence-electron chi connectivity index (χ1n) is 6.53. The van der Waals surface area contributed by atoms with Gasteiger partial charge < -0.3 is 5.11 Å². The van der Waals surface area contributed by atoms with Crippen LogP contribution >= 0.6 is 0 Å². The first-order valence-corrected chi connectivity index (χ1v) is 6.53. The van der Waals surface area contributed by atoms with Crippen LogP contribution in [0.25, 0.3) is 0 Å². The van der Waals surface area contributed by atoms with Gasteiger partial charge >= 0.3 is 0 Å².